The molecule has 148 valence electrons. The lowest BCUT2D eigenvalue weighted by Crippen LogP contribution is -2.44. The van der Waals surface area contributed by atoms with Crippen molar-refractivity contribution in [2.24, 2.45) is 5.92 Å². The van der Waals surface area contributed by atoms with Crippen molar-refractivity contribution in [1.82, 2.24) is 35.3 Å². The van der Waals surface area contributed by atoms with Gasteiger partial charge in [0.1, 0.15) is 12.0 Å². The molecule has 1 aliphatic rings. The van der Waals surface area contributed by atoms with Crippen LogP contribution in [0.15, 0.2) is 11.7 Å². The van der Waals surface area contributed by atoms with Crippen LogP contribution in [-0.2, 0) is 0 Å². The minimum absolute atomic E-state index is 0.169. The molecule has 2 aromatic rings. The summed E-state index contributed by atoms with van der Waals surface area (Å²) in [7, 11) is 0. The van der Waals surface area contributed by atoms with Crippen molar-refractivity contribution in [2.45, 2.75) is 20.3 Å². The normalized spacial score (nSPS) is 15.2. The third-order valence-electron chi connectivity index (χ3n) is 4.18. The Bertz CT molecular complexity index is 724. The van der Waals surface area contributed by atoms with Crippen LogP contribution in [0.25, 0.3) is 5.13 Å². The highest BCUT2D eigenvalue weighted by Gasteiger charge is 2.16. The fourth-order valence-corrected chi connectivity index (χ4v) is 3.47. The van der Waals surface area contributed by atoms with Gasteiger partial charge in [0.25, 0.3) is 5.91 Å². The number of carbonyl (C=O) groups excluding carboxylic acids is 1. The smallest absolute Gasteiger partial charge is 0.323 e. The summed E-state index contributed by atoms with van der Waals surface area (Å²) < 4.78 is 7.46. The average Bonchev–Trinajstić information content (AvgIpc) is 3.33. The van der Waals surface area contributed by atoms with Crippen LogP contribution in [0.1, 0.15) is 30.8 Å². The van der Waals surface area contributed by atoms with Crippen LogP contribution in [0, 0.1) is 5.92 Å². The molecule has 0 spiro atoms. The van der Waals surface area contributed by atoms with Crippen LogP contribution in [0.2, 0.25) is 0 Å². The number of aromatic nitrogens is 4. The van der Waals surface area contributed by atoms with Crippen molar-refractivity contribution in [3.8, 4) is 11.1 Å². The second-order valence-corrected chi connectivity index (χ2v) is 7.73. The third kappa shape index (κ3) is 5.72. The van der Waals surface area contributed by atoms with Gasteiger partial charge in [-0.1, -0.05) is 18.9 Å². The maximum absolute atomic E-state index is 12.1. The maximum atomic E-state index is 12.1. The van der Waals surface area contributed by atoms with E-state index in [9.17, 15) is 4.79 Å². The largest absolute Gasteiger partial charge is 0.463 e. The number of nitrogens with one attached hydrogen (secondary N) is 2. The molecular weight excluding hydrogens is 366 g/mol. The molecule has 0 aliphatic carbocycles. The molecule has 27 heavy (non-hydrogen) atoms. The van der Waals surface area contributed by atoms with Crippen molar-refractivity contribution in [3.63, 3.8) is 0 Å². The molecule has 0 radical (unpaired) electrons. The van der Waals surface area contributed by atoms with E-state index < -0.39 is 0 Å². The van der Waals surface area contributed by atoms with Crippen LogP contribution in [-0.4, -0.2) is 76.4 Å². The highest BCUT2D eigenvalue weighted by Crippen LogP contribution is 2.19. The first kappa shape index (κ1) is 19.7. The van der Waals surface area contributed by atoms with Gasteiger partial charge in [-0.05, 0) is 12.3 Å². The molecule has 0 saturated carbocycles. The Kier molecular flexibility index (Phi) is 7.13. The molecule has 0 aromatic carbocycles. The Labute approximate surface area is 163 Å². The van der Waals surface area contributed by atoms with E-state index in [1.54, 1.807) is 16.3 Å². The summed E-state index contributed by atoms with van der Waals surface area (Å²) in [4.78, 5) is 18.9. The van der Waals surface area contributed by atoms with Crippen LogP contribution in [0.3, 0.4) is 0 Å². The highest BCUT2D eigenvalue weighted by atomic mass is 32.1. The van der Waals surface area contributed by atoms with E-state index in [1.807, 2.05) is 0 Å². The molecule has 9 nitrogen and oxygen atoms in total. The Morgan fingerprint density at radius 3 is 3.00 bits per heavy atom. The van der Waals surface area contributed by atoms with Crippen LogP contribution < -0.4 is 15.4 Å². The van der Waals surface area contributed by atoms with Crippen molar-refractivity contribution >= 4 is 17.2 Å². The van der Waals surface area contributed by atoms with Gasteiger partial charge in [0.05, 0.1) is 6.61 Å². The first-order chi connectivity index (χ1) is 13.1. The lowest BCUT2D eigenvalue weighted by Gasteiger charge is -2.26. The Morgan fingerprint density at radius 2 is 2.22 bits per heavy atom. The van der Waals surface area contributed by atoms with Crippen LogP contribution in [0.5, 0.6) is 6.01 Å². The molecule has 1 saturated heterocycles. The Hall–Kier alpha value is -2.04. The second kappa shape index (κ2) is 9.77. The Morgan fingerprint density at radius 1 is 1.41 bits per heavy atom. The standard InChI is InChI=1S/C17H27N7O2S/c1-13(2)10-19-15(25)14-11-27-17(21-14)24-12-20-22-16(24)26-9-3-6-23-7-4-18-5-8-23/h11-13,18H,3-10H2,1-2H3,(H,19,25). The number of amides is 1. The quantitative estimate of drug-likeness (QED) is 0.608. The lowest BCUT2D eigenvalue weighted by atomic mass is 10.2. The SMILES string of the molecule is CC(C)CNC(=O)c1csc(-n2cnnc2OCCCN2CCNCC2)n1. The fraction of sp³-hybridized carbons (Fsp3) is 0.647. The van der Waals surface area contributed by atoms with E-state index in [4.69, 9.17) is 4.74 Å². The van der Waals surface area contributed by atoms with Crippen molar-refractivity contribution in [3.05, 3.63) is 17.4 Å². The number of hydrogen-bond acceptors (Lipinski definition) is 8. The maximum Gasteiger partial charge on any atom is 0.323 e. The summed E-state index contributed by atoms with van der Waals surface area (Å²) >= 11 is 1.36. The molecule has 3 heterocycles. The highest BCUT2D eigenvalue weighted by molar-refractivity contribution is 7.12. The zero-order valence-corrected chi connectivity index (χ0v) is 16.7. The van der Waals surface area contributed by atoms with E-state index in [0.29, 0.717) is 35.9 Å². The molecule has 1 aliphatic heterocycles. The van der Waals surface area contributed by atoms with Gasteiger partial charge >= 0.3 is 6.01 Å². The molecule has 0 atom stereocenters. The summed E-state index contributed by atoms with van der Waals surface area (Å²) in [5, 5.41) is 16.5. The first-order valence-electron chi connectivity index (χ1n) is 9.33. The van der Waals surface area contributed by atoms with Gasteiger partial charge in [-0.25, -0.2) is 9.55 Å². The van der Waals surface area contributed by atoms with Gasteiger partial charge in [0, 0.05) is 44.6 Å². The van der Waals surface area contributed by atoms with Gasteiger partial charge in [-0.3, -0.25) is 4.79 Å². The van der Waals surface area contributed by atoms with Crippen LogP contribution in [0.4, 0.5) is 0 Å². The number of hydrogen-bond donors (Lipinski definition) is 2. The van der Waals surface area contributed by atoms with Gasteiger partial charge in [0.15, 0.2) is 5.13 Å². The number of nitrogens with zero attached hydrogens (tertiary/aromatic N) is 5. The van der Waals surface area contributed by atoms with E-state index in [1.165, 1.54) is 11.3 Å². The van der Waals surface area contributed by atoms with Gasteiger partial charge in [-0.15, -0.1) is 16.4 Å². The van der Waals surface area contributed by atoms with Crippen LogP contribution >= 0.6 is 11.3 Å². The zero-order valence-electron chi connectivity index (χ0n) is 15.8. The van der Waals surface area contributed by atoms with E-state index >= 15 is 0 Å². The minimum atomic E-state index is -0.169. The van der Waals surface area contributed by atoms with E-state index in [2.05, 4.69) is 44.6 Å². The molecular formula is C17H27N7O2S. The first-order valence-corrected chi connectivity index (χ1v) is 10.2. The van der Waals surface area contributed by atoms with E-state index in [0.717, 1.165) is 39.1 Å². The molecule has 10 heteroatoms. The molecule has 2 N–H and O–H groups in total. The monoisotopic (exact) mass is 393 g/mol. The summed E-state index contributed by atoms with van der Waals surface area (Å²) in [6.45, 7) is 10.6. The minimum Gasteiger partial charge on any atom is -0.463 e. The summed E-state index contributed by atoms with van der Waals surface area (Å²) in [5.74, 6) is 0.226. The van der Waals surface area contributed by atoms with Gasteiger partial charge in [0.2, 0.25) is 0 Å². The number of carbonyl (C=O) groups is 1. The number of rotatable bonds is 9. The molecule has 3 rings (SSSR count). The Balaban J connectivity index is 1.51. The summed E-state index contributed by atoms with van der Waals surface area (Å²) in [6, 6.07) is 0.402. The second-order valence-electron chi connectivity index (χ2n) is 6.90. The lowest BCUT2D eigenvalue weighted by molar-refractivity contribution is 0.0944. The number of ether oxygens (including phenoxy) is 1. The molecule has 0 unspecified atom stereocenters. The predicted octanol–water partition coefficient (Wildman–Crippen LogP) is 0.784. The molecule has 2 aromatic heterocycles. The van der Waals surface area contributed by atoms with Gasteiger partial charge < -0.3 is 20.3 Å². The van der Waals surface area contributed by atoms with Crippen molar-refractivity contribution in [2.75, 3.05) is 45.9 Å². The topological polar surface area (TPSA) is 97.2 Å². The molecule has 1 amide bonds. The predicted molar refractivity (Wildman–Crippen MR) is 104 cm³/mol. The third-order valence-corrected chi connectivity index (χ3v) is 5.02. The summed E-state index contributed by atoms with van der Waals surface area (Å²) in [5.41, 5.74) is 0.397. The zero-order chi connectivity index (χ0) is 19.1. The van der Waals surface area contributed by atoms with Crippen molar-refractivity contribution in [1.29, 1.82) is 0 Å². The average molecular weight is 394 g/mol. The number of thiazole rings is 1. The van der Waals surface area contributed by atoms with Crippen molar-refractivity contribution < 1.29 is 9.53 Å². The van der Waals surface area contributed by atoms with E-state index in [-0.39, 0.29) is 5.91 Å². The number of piperazine rings is 1. The molecule has 0 bridgehead atoms. The fourth-order valence-electron chi connectivity index (χ4n) is 2.71. The summed E-state index contributed by atoms with van der Waals surface area (Å²) in [6.07, 6.45) is 2.48. The van der Waals surface area contributed by atoms with Gasteiger partial charge in [-0.2, -0.15) is 0 Å². The molecule has 1 fully saturated rings.